The molecule has 0 bridgehead atoms. The highest BCUT2D eigenvalue weighted by atomic mass is 15.3. The summed E-state index contributed by atoms with van der Waals surface area (Å²) in [7, 11) is 0. The van der Waals surface area contributed by atoms with Crippen LogP contribution in [-0.4, -0.2) is 21.3 Å². The fourth-order valence-electron chi connectivity index (χ4n) is 2.33. The Morgan fingerprint density at radius 1 is 1.44 bits per heavy atom. The average molecular weight is 222 g/mol. The summed E-state index contributed by atoms with van der Waals surface area (Å²) in [5, 5.41) is 12.2. The monoisotopic (exact) mass is 222 g/mol. The van der Waals surface area contributed by atoms with E-state index in [2.05, 4.69) is 40.9 Å². The average Bonchev–Trinajstić information content (AvgIpc) is 2.63. The maximum Gasteiger partial charge on any atom is 0.150 e. The van der Waals surface area contributed by atoms with Crippen molar-refractivity contribution in [3.05, 3.63) is 11.6 Å². The lowest BCUT2D eigenvalue weighted by atomic mass is 10.1. The maximum absolute atomic E-state index is 4.36. The van der Waals surface area contributed by atoms with Gasteiger partial charge in [0.2, 0.25) is 0 Å². The Balaban J connectivity index is 2.20. The van der Waals surface area contributed by atoms with Crippen molar-refractivity contribution in [1.29, 1.82) is 0 Å². The molecule has 1 aromatic rings. The van der Waals surface area contributed by atoms with Crippen LogP contribution in [0, 0.1) is 5.92 Å². The van der Waals surface area contributed by atoms with E-state index in [0.717, 1.165) is 37.6 Å². The van der Waals surface area contributed by atoms with E-state index < -0.39 is 0 Å². The molecular weight excluding hydrogens is 200 g/mol. The van der Waals surface area contributed by atoms with Crippen molar-refractivity contribution in [2.75, 3.05) is 6.54 Å². The van der Waals surface area contributed by atoms with E-state index in [4.69, 9.17) is 0 Å². The van der Waals surface area contributed by atoms with Gasteiger partial charge in [0, 0.05) is 19.5 Å². The minimum absolute atomic E-state index is 0.409. The Bertz CT molecular complexity index is 343. The molecule has 1 aliphatic heterocycles. The summed E-state index contributed by atoms with van der Waals surface area (Å²) in [6.07, 6.45) is 3.37. The van der Waals surface area contributed by atoms with Crippen molar-refractivity contribution in [2.45, 2.75) is 52.6 Å². The van der Waals surface area contributed by atoms with Crippen molar-refractivity contribution in [2.24, 2.45) is 5.92 Å². The van der Waals surface area contributed by atoms with Gasteiger partial charge in [-0.3, -0.25) is 0 Å². The van der Waals surface area contributed by atoms with Crippen LogP contribution >= 0.6 is 0 Å². The zero-order valence-corrected chi connectivity index (χ0v) is 10.5. The topological polar surface area (TPSA) is 42.7 Å². The summed E-state index contributed by atoms with van der Waals surface area (Å²) in [6.45, 7) is 8.73. The summed E-state index contributed by atoms with van der Waals surface area (Å²) in [5.41, 5.74) is 0. The molecule has 1 unspecified atom stereocenters. The van der Waals surface area contributed by atoms with Gasteiger partial charge in [-0.25, -0.2) is 0 Å². The number of hydrogen-bond donors (Lipinski definition) is 1. The van der Waals surface area contributed by atoms with Crippen LogP contribution in [0.5, 0.6) is 0 Å². The molecule has 0 fully saturated rings. The third-order valence-corrected chi connectivity index (χ3v) is 3.06. The molecule has 1 aliphatic rings. The first-order valence-electron chi connectivity index (χ1n) is 6.37. The van der Waals surface area contributed by atoms with Gasteiger partial charge in [-0.2, -0.15) is 0 Å². The third kappa shape index (κ3) is 2.26. The van der Waals surface area contributed by atoms with Gasteiger partial charge in [-0.05, 0) is 12.3 Å². The summed E-state index contributed by atoms with van der Waals surface area (Å²) < 4.78 is 2.32. The number of hydrogen-bond acceptors (Lipinski definition) is 3. The summed E-state index contributed by atoms with van der Waals surface area (Å²) in [5.74, 6) is 2.95. The van der Waals surface area contributed by atoms with Gasteiger partial charge in [0.1, 0.15) is 11.6 Å². The molecule has 0 saturated carbocycles. The number of fused-ring (bicyclic) bond motifs is 1. The van der Waals surface area contributed by atoms with Crippen LogP contribution in [0.2, 0.25) is 0 Å². The highest BCUT2D eigenvalue weighted by molar-refractivity contribution is 5.04. The first kappa shape index (κ1) is 11.6. The number of nitrogens with one attached hydrogen (secondary N) is 1. The van der Waals surface area contributed by atoms with Gasteiger partial charge in [0.15, 0.2) is 0 Å². The van der Waals surface area contributed by atoms with Crippen LogP contribution in [0.3, 0.4) is 0 Å². The third-order valence-electron chi connectivity index (χ3n) is 3.06. The summed E-state index contributed by atoms with van der Waals surface area (Å²) >= 11 is 0. The van der Waals surface area contributed by atoms with Crippen molar-refractivity contribution in [3.63, 3.8) is 0 Å². The Kier molecular flexibility index (Phi) is 3.59. The van der Waals surface area contributed by atoms with Crippen LogP contribution in [0.4, 0.5) is 0 Å². The van der Waals surface area contributed by atoms with Crippen LogP contribution in [0.1, 0.15) is 51.3 Å². The van der Waals surface area contributed by atoms with Crippen molar-refractivity contribution in [3.8, 4) is 0 Å². The quantitative estimate of drug-likeness (QED) is 0.846. The van der Waals surface area contributed by atoms with E-state index in [-0.39, 0.29) is 0 Å². The number of aromatic nitrogens is 3. The van der Waals surface area contributed by atoms with E-state index in [9.17, 15) is 0 Å². The number of rotatable bonds is 4. The highest BCUT2D eigenvalue weighted by Crippen LogP contribution is 2.21. The maximum atomic E-state index is 4.36. The lowest BCUT2D eigenvalue weighted by Gasteiger charge is -2.25. The van der Waals surface area contributed by atoms with Crippen LogP contribution < -0.4 is 5.32 Å². The fraction of sp³-hybridized carbons (Fsp3) is 0.833. The molecule has 90 valence electrons. The molecule has 16 heavy (non-hydrogen) atoms. The van der Waals surface area contributed by atoms with Gasteiger partial charge in [-0.1, -0.05) is 27.2 Å². The Morgan fingerprint density at radius 3 is 2.94 bits per heavy atom. The van der Waals surface area contributed by atoms with Crippen molar-refractivity contribution < 1.29 is 0 Å². The molecule has 4 nitrogen and oxygen atoms in total. The molecule has 0 spiro atoms. The molecule has 0 amide bonds. The van der Waals surface area contributed by atoms with Gasteiger partial charge in [-0.15, -0.1) is 10.2 Å². The van der Waals surface area contributed by atoms with E-state index in [1.54, 1.807) is 0 Å². The molecular formula is C12H22N4. The second kappa shape index (κ2) is 4.95. The largest absolute Gasteiger partial charge is 0.312 e. The van der Waals surface area contributed by atoms with Crippen molar-refractivity contribution >= 4 is 0 Å². The summed E-state index contributed by atoms with van der Waals surface area (Å²) in [6, 6.07) is 0.409. The second-order valence-electron chi connectivity index (χ2n) is 5.02. The van der Waals surface area contributed by atoms with Crippen LogP contribution in [0.15, 0.2) is 0 Å². The van der Waals surface area contributed by atoms with Gasteiger partial charge >= 0.3 is 0 Å². The minimum Gasteiger partial charge on any atom is -0.312 e. The standard InChI is InChI=1S/C12H22N4/c1-4-5-10-12-15-14-11(8-9(2)3)16(12)7-6-13-10/h9-10,13H,4-8H2,1-3H3. The first-order valence-corrected chi connectivity index (χ1v) is 6.37. The molecule has 2 rings (SSSR count). The molecule has 2 heterocycles. The first-order chi connectivity index (χ1) is 7.72. The SMILES string of the molecule is CCCC1NCCn2c(CC(C)C)nnc21. The Morgan fingerprint density at radius 2 is 2.25 bits per heavy atom. The highest BCUT2D eigenvalue weighted by Gasteiger charge is 2.23. The van der Waals surface area contributed by atoms with Crippen molar-refractivity contribution in [1.82, 2.24) is 20.1 Å². The smallest absolute Gasteiger partial charge is 0.150 e. The molecule has 1 aromatic heterocycles. The lowest BCUT2D eigenvalue weighted by molar-refractivity contribution is 0.385. The molecule has 1 N–H and O–H groups in total. The number of nitrogens with zero attached hydrogens (tertiary/aromatic N) is 3. The van der Waals surface area contributed by atoms with Crippen LogP contribution in [-0.2, 0) is 13.0 Å². The molecule has 1 atom stereocenters. The second-order valence-corrected chi connectivity index (χ2v) is 5.02. The Hall–Kier alpha value is -0.900. The van der Waals surface area contributed by atoms with E-state index in [1.807, 2.05) is 0 Å². The zero-order chi connectivity index (χ0) is 11.5. The molecule has 0 aliphatic carbocycles. The minimum atomic E-state index is 0.409. The van der Waals surface area contributed by atoms with E-state index in [0.29, 0.717) is 12.0 Å². The molecule has 4 heteroatoms. The Labute approximate surface area is 97.5 Å². The van der Waals surface area contributed by atoms with E-state index >= 15 is 0 Å². The molecule has 0 radical (unpaired) electrons. The van der Waals surface area contributed by atoms with Gasteiger partial charge in [0.25, 0.3) is 0 Å². The van der Waals surface area contributed by atoms with Crippen LogP contribution in [0.25, 0.3) is 0 Å². The van der Waals surface area contributed by atoms with Gasteiger partial charge < -0.3 is 9.88 Å². The molecule has 0 aromatic carbocycles. The fourth-order valence-corrected chi connectivity index (χ4v) is 2.33. The lowest BCUT2D eigenvalue weighted by Crippen LogP contribution is -2.34. The predicted molar refractivity (Wildman–Crippen MR) is 64.2 cm³/mol. The predicted octanol–water partition coefficient (Wildman–Crippen LogP) is 1.92. The zero-order valence-electron chi connectivity index (χ0n) is 10.5. The summed E-state index contributed by atoms with van der Waals surface area (Å²) in [4.78, 5) is 0. The normalized spacial score (nSPS) is 20.1. The molecule has 0 saturated heterocycles. The van der Waals surface area contributed by atoms with Gasteiger partial charge in [0.05, 0.1) is 6.04 Å². The van der Waals surface area contributed by atoms with E-state index in [1.165, 1.54) is 6.42 Å².